The fourth-order valence-corrected chi connectivity index (χ4v) is 5.99. The molecule has 0 aliphatic heterocycles. The van der Waals surface area contributed by atoms with Gasteiger partial charge >= 0.3 is 0 Å². The Kier molecular flexibility index (Phi) is 5.91. The molecule has 2 N–H and O–H groups in total. The van der Waals surface area contributed by atoms with Gasteiger partial charge in [-0.05, 0) is 95.5 Å². The van der Waals surface area contributed by atoms with Gasteiger partial charge in [-0.3, -0.25) is 0 Å². The lowest BCUT2D eigenvalue weighted by molar-refractivity contribution is 0.347. The molecule has 0 unspecified atom stereocenters. The Hall–Kier alpha value is -3.52. The van der Waals surface area contributed by atoms with Gasteiger partial charge in [0.25, 0.3) is 0 Å². The first-order valence-corrected chi connectivity index (χ1v) is 12.3. The number of aryl methyl sites for hydroxylation is 2. The summed E-state index contributed by atoms with van der Waals surface area (Å²) in [5, 5.41) is 19.8. The molecule has 1 saturated carbocycles. The van der Waals surface area contributed by atoms with Crippen LogP contribution in [0.15, 0.2) is 84.9 Å². The number of hydrogen-bond donors (Lipinski definition) is 2. The first-order chi connectivity index (χ1) is 16.5. The van der Waals surface area contributed by atoms with Crippen molar-refractivity contribution in [3.63, 3.8) is 0 Å². The molecule has 4 aromatic carbocycles. The number of phenolic OH excluding ortho intramolecular Hbond substituents is 2. The van der Waals surface area contributed by atoms with Crippen LogP contribution in [-0.2, 0) is 5.41 Å². The van der Waals surface area contributed by atoms with Crippen molar-refractivity contribution in [1.82, 2.24) is 0 Å². The molecule has 5 rings (SSSR count). The van der Waals surface area contributed by atoms with Gasteiger partial charge in [-0.15, -0.1) is 0 Å². The molecule has 1 aliphatic rings. The summed E-state index contributed by atoms with van der Waals surface area (Å²) < 4.78 is 0. The normalized spacial score (nSPS) is 15.2. The minimum Gasteiger partial charge on any atom is -0.508 e. The first kappa shape index (κ1) is 22.3. The largest absolute Gasteiger partial charge is 0.508 e. The lowest BCUT2D eigenvalue weighted by Gasteiger charge is -2.42. The summed E-state index contributed by atoms with van der Waals surface area (Å²) in [6, 6.07) is 28.7. The molecule has 172 valence electrons. The minimum atomic E-state index is -0.100. The molecule has 0 bridgehead atoms. The standard InChI is InChI=1S/C32H32O2/c1-22-8-6-10-28(30(22)24-12-16-26(33)17-13-24)32(20-4-3-5-21-32)29-11-7-9-23(2)31(29)25-14-18-27(34)19-15-25/h6-19,33-34H,3-5,20-21H2,1-2H3. The van der Waals surface area contributed by atoms with Crippen molar-refractivity contribution in [2.75, 3.05) is 0 Å². The van der Waals surface area contributed by atoms with Crippen LogP contribution in [0.2, 0.25) is 0 Å². The smallest absolute Gasteiger partial charge is 0.115 e. The van der Waals surface area contributed by atoms with E-state index >= 15 is 0 Å². The third-order valence-electron chi connectivity index (χ3n) is 7.60. The summed E-state index contributed by atoms with van der Waals surface area (Å²) in [4.78, 5) is 0. The number of hydrogen-bond acceptors (Lipinski definition) is 2. The topological polar surface area (TPSA) is 40.5 Å². The number of aromatic hydroxyl groups is 2. The molecule has 1 aliphatic carbocycles. The molecule has 0 radical (unpaired) electrons. The molecule has 2 heteroatoms. The van der Waals surface area contributed by atoms with E-state index in [9.17, 15) is 10.2 Å². The zero-order valence-corrected chi connectivity index (χ0v) is 20.0. The van der Waals surface area contributed by atoms with E-state index in [-0.39, 0.29) is 5.41 Å². The Labute approximate surface area is 202 Å². The van der Waals surface area contributed by atoms with Crippen LogP contribution in [0.5, 0.6) is 11.5 Å². The number of rotatable bonds is 4. The van der Waals surface area contributed by atoms with E-state index in [0.29, 0.717) is 11.5 Å². The van der Waals surface area contributed by atoms with Crippen molar-refractivity contribution < 1.29 is 10.2 Å². The minimum absolute atomic E-state index is 0.100. The van der Waals surface area contributed by atoms with Crippen LogP contribution >= 0.6 is 0 Å². The summed E-state index contributed by atoms with van der Waals surface area (Å²) in [5.41, 5.74) is 10.0. The fourth-order valence-electron chi connectivity index (χ4n) is 5.99. The van der Waals surface area contributed by atoms with E-state index in [1.54, 1.807) is 24.3 Å². The molecule has 0 spiro atoms. The molecule has 2 nitrogen and oxygen atoms in total. The SMILES string of the molecule is Cc1cccc(C2(c3cccc(C)c3-c3ccc(O)cc3)CCCCC2)c1-c1ccc(O)cc1. The first-order valence-electron chi connectivity index (χ1n) is 12.3. The maximum Gasteiger partial charge on any atom is 0.115 e. The highest BCUT2D eigenvalue weighted by atomic mass is 16.3. The van der Waals surface area contributed by atoms with Crippen molar-refractivity contribution in [1.29, 1.82) is 0 Å². The maximum absolute atomic E-state index is 9.91. The quantitative estimate of drug-likeness (QED) is 0.330. The average molecular weight is 449 g/mol. The molecular formula is C32H32O2. The molecule has 4 aromatic rings. The molecule has 1 fully saturated rings. The highest BCUT2D eigenvalue weighted by Gasteiger charge is 2.39. The molecule has 0 amide bonds. The number of benzene rings is 4. The molecule has 0 atom stereocenters. The third-order valence-corrected chi connectivity index (χ3v) is 7.60. The van der Waals surface area contributed by atoms with E-state index in [2.05, 4.69) is 50.2 Å². The highest BCUT2D eigenvalue weighted by molar-refractivity contribution is 5.78. The van der Waals surface area contributed by atoms with Gasteiger partial charge in [0.15, 0.2) is 0 Å². The van der Waals surface area contributed by atoms with Crippen LogP contribution in [0.4, 0.5) is 0 Å². The summed E-state index contributed by atoms with van der Waals surface area (Å²) in [7, 11) is 0. The lowest BCUT2D eigenvalue weighted by Crippen LogP contribution is -2.32. The molecule has 0 aromatic heterocycles. The molecular weight excluding hydrogens is 416 g/mol. The summed E-state index contributed by atoms with van der Waals surface area (Å²) in [6.45, 7) is 4.39. The third kappa shape index (κ3) is 3.88. The van der Waals surface area contributed by atoms with Crippen LogP contribution in [-0.4, -0.2) is 10.2 Å². The number of phenols is 2. The highest BCUT2D eigenvalue weighted by Crippen LogP contribution is 2.51. The van der Waals surface area contributed by atoms with Gasteiger partial charge in [-0.2, -0.15) is 0 Å². The van der Waals surface area contributed by atoms with Crippen LogP contribution in [0.25, 0.3) is 22.3 Å². The van der Waals surface area contributed by atoms with Gasteiger partial charge in [0.2, 0.25) is 0 Å². The Morgan fingerprint density at radius 2 is 0.941 bits per heavy atom. The zero-order chi connectivity index (χ0) is 23.7. The lowest BCUT2D eigenvalue weighted by atomic mass is 9.61. The second kappa shape index (κ2) is 9.02. The van der Waals surface area contributed by atoms with Gasteiger partial charge in [0, 0.05) is 5.41 Å². The van der Waals surface area contributed by atoms with Gasteiger partial charge in [-0.25, -0.2) is 0 Å². The van der Waals surface area contributed by atoms with E-state index in [4.69, 9.17) is 0 Å². The van der Waals surface area contributed by atoms with Gasteiger partial charge < -0.3 is 10.2 Å². The van der Waals surface area contributed by atoms with E-state index < -0.39 is 0 Å². The van der Waals surface area contributed by atoms with Crippen molar-refractivity contribution in [3.05, 3.63) is 107 Å². The van der Waals surface area contributed by atoms with Crippen LogP contribution < -0.4 is 0 Å². The summed E-state index contributed by atoms with van der Waals surface area (Å²) >= 11 is 0. The predicted molar refractivity (Wildman–Crippen MR) is 140 cm³/mol. The van der Waals surface area contributed by atoms with Gasteiger partial charge in [0.05, 0.1) is 0 Å². The Bertz CT molecular complexity index is 1200. The maximum atomic E-state index is 9.91. The average Bonchev–Trinajstić information content (AvgIpc) is 2.85. The Balaban J connectivity index is 1.80. The van der Waals surface area contributed by atoms with E-state index in [0.717, 1.165) is 24.0 Å². The second-order valence-corrected chi connectivity index (χ2v) is 9.73. The van der Waals surface area contributed by atoms with Crippen molar-refractivity contribution >= 4 is 0 Å². The van der Waals surface area contributed by atoms with E-state index in [1.807, 2.05) is 24.3 Å². The van der Waals surface area contributed by atoms with Crippen LogP contribution in [0.3, 0.4) is 0 Å². The van der Waals surface area contributed by atoms with Crippen LogP contribution in [0, 0.1) is 13.8 Å². The molecule has 34 heavy (non-hydrogen) atoms. The van der Waals surface area contributed by atoms with Crippen molar-refractivity contribution in [2.45, 2.75) is 51.4 Å². The Morgan fingerprint density at radius 3 is 1.35 bits per heavy atom. The second-order valence-electron chi connectivity index (χ2n) is 9.73. The van der Waals surface area contributed by atoms with Crippen LogP contribution in [0.1, 0.15) is 54.4 Å². The predicted octanol–water partition coefficient (Wildman–Crippen LogP) is 8.30. The zero-order valence-electron chi connectivity index (χ0n) is 20.0. The fraction of sp³-hybridized carbons (Fsp3) is 0.250. The summed E-state index contributed by atoms with van der Waals surface area (Å²) in [5.74, 6) is 0.583. The molecule has 0 heterocycles. The van der Waals surface area contributed by atoms with Gasteiger partial charge in [0.1, 0.15) is 11.5 Å². The van der Waals surface area contributed by atoms with Crippen molar-refractivity contribution in [3.8, 4) is 33.8 Å². The van der Waals surface area contributed by atoms with Crippen molar-refractivity contribution in [2.24, 2.45) is 0 Å². The monoisotopic (exact) mass is 448 g/mol. The van der Waals surface area contributed by atoms with E-state index in [1.165, 1.54) is 52.6 Å². The summed E-state index contributed by atoms with van der Waals surface area (Å²) in [6.07, 6.45) is 5.88. The Morgan fingerprint density at radius 1 is 0.529 bits per heavy atom. The molecule has 0 saturated heterocycles. The van der Waals surface area contributed by atoms with Gasteiger partial charge in [-0.1, -0.05) is 79.9 Å².